The molecule has 2 atom stereocenters. The van der Waals surface area contributed by atoms with Gasteiger partial charge in [-0.1, -0.05) is 174 Å². The van der Waals surface area contributed by atoms with Crippen molar-refractivity contribution in [1.82, 2.24) is 4.90 Å². The summed E-state index contributed by atoms with van der Waals surface area (Å²) in [4.78, 5) is 25.0. The molecule has 1 N–H and O–H groups in total. The molecule has 0 aromatic carbocycles. The summed E-state index contributed by atoms with van der Waals surface area (Å²) < 4.78 is 30.2. The Morgan fingerprint density at radius 3 is 1.40 bits per heavy atom. The van der Waals surface area contributed by atoms with Gasteiger partial charge in [-0.2, -0.15) is 0 Å². The predicted molar refractivity (Wildman–Crippen MR) is 213 cm³/mol. The van der Waals surface area contributed by atoms with Crippen LogP contribution in [0.15, 0.2) is 0 Å². The van der Waals surface area contributed by atoms with Crippen LogP contribution in [0.25, 0.3) is 0 Å². The predicted octanol–water partition coefficient (Wildman–Crippen LogP) is 11.6. The van der Waals surface area contributed by atoms with E-state index >= 15 is 0 Å². The second-order valence-corrected chi connectivity index (χ2v) is 17.4. The van der Waals surface area contributed by atoms with E-state index in [1.807, 2.05) is 21.1 Å². The Morgan fingerprint density at radius 2 is 1.00 bits per heavy atom. The van der Waals surface area contributed by atoms with Crippen molar-refractivity contribution in [2.45, 2.75) is 200 Å². The van der Waals surface area contributed by atoms with Crippen LogP contribution in [-0.4, -0.2) is 87.4 Å². The fraction of sp³-hybridized carbons (Fsp3) is 0.976. The summed E-state index contributed by atoms with van der Waals surface area (Å²) in [6.07, 6.45) is 34.5. The Kier molecular flexibility index (Phi) is 33.9. The Bertz CT molecular complexity index is 794. The summed E-state index contributed by atoms with van der Waals surface area (Å²) in [5, 5.41) is 0. The molecule has 0 fully saturated rings. The Morgan fingerprint density at radius 1 is 0.620 bits per heavy atom. The smallest absolute Gasteiger partial charge is 0.379 e. The van der Waals surface area contributed by atoms with E-state index in [4.69, 9.17) is 13.8 Å². The van der Waals surface area contributed by atoms with Crippen LogP contribution in [0.4, 0.5) is 0 Å². The van der Waals surface area contributed by atoms with Gasteiger partial charge in [0.2, 0.25) is 5.91 Å². The summed E-state index contributed by atoms with van der Waals surface area (Å²) in [7, 11) is 3.45. The molecule has 0 radical (unpaired) electrons. The van der Waals surface area contributed by atoms with Crippen LogP contribution in [0.5, 0.6) is 0 Å². The minimum absolute atomic E-state index is 0.0346. The van der Waals surface area contributed by atoms with Gasteiger partial charge in [0.1, 0.15) is 19.3 Å². The number of nitrogens with zero attached hydrogens (tertiary/aromatic N) is 2. The van der Waals surface area contributed by atoms with Crippen LogP contribution in [0.2, 0.25) is 0 Å². The molecule has 300 valence electrons. The maximum Gasteiger partial charge on any atom is 0.472 e. The maximum absolute atomic E-state index is 12.9. The lowest BCUT2D eigenvalue weighted by atomic mass is 10.0. The second-order valence-electron chi connectivity index (χ2n) is 16.0. The average molecular weight is 734 g/mol. The van der Waals surface area contributed by atoms with E-state index in [0.717, 1.165) is 25.7 Å². The van der Waals surface area contributed by atoms with Gasteiger partial charge in [-0.15, -0.1) is 0 Å². The number of rotatable bonds is 39. The van der Waals surface area contributed by atoms with Gasteiger partial charge in [-0.25, -0.2) is 4.57 Å². The molecule has 0 heterocycles. The molecule has 0 spiro atoms. The zero-order valence-electron chi connectivity index (χ0n) is 34.2. The number of ether oxygens (including phenoxy) is 1. The van der Waals surface area contributed by atoms with Crippen LogP contribution >= 0.6 is 7.82 Å². The normalized spacial score (nSPS) is 13.8. The molecule has 50 heavy (non-hydrogen) atoms. The third kappa shape index (κ3) is 35.9. The lowest BCUT2D eigenvalue weighted by Crippen LogP contribution is -2.38. The van der Waals surface area contributed by atoms with Gasteiger partial charge < -0.3 is 19.0 Å². The number of hydrogen-bond acceptors (Lipinski definition) is 5. The first-order chi connectivity index (χ1) is 24.0. The number of carbonyl (C=O) groups is 1. The number of carbonyl (C=O) groups excluding carboxylic acids is 1. The molecule has 1 amide bonds. The number of amides is 1. The molecule has 2 unspecified atom stereocenters. The lowest BCUT2D eigenvalue weighted by Gasteiger charge is -2.27. The fourth-order valence-electron chi connectivity index (χ4n) is 6.27. The van der Waals surface area contributed by atoms with Gasteiger partial charge >= 0.3 is 7.82 Å². The van der Waals surface area contributed by atoms with Gasteiger partial charge in [0.15, 0.2) is 0 Å². The van der Waals surface area contributed by atoms with Crippen molar-refractivity contribution in [1.29, 1.82) is 0 Å². The van der Waals surface area contributed by atoms with Gasteiger partial charge in [-0.05, 0) is 12.8 Å². The summed E-state index contributed by atoms with van der Waals surface area (Å²) in [6, 6.07) is 0. The van der Waals surface area contributed by atoms with Crippen molar-refractivity contribution in [2.75, 3.05) is 61.1 Å². The van der Waals surface area contributed by atoms with Crippen molar-refractivity contribution in [2.24, 2.45) is 0 Å². The van der Waals surface area contributed by atoms with E-state index in [2.05, 4.69) is 13.8 Å². The molecule has 0 saturated carbocycles. The van der Waals surface area contributed by atoms with Gasteiger partial charge in [-0.3, -0.25) is 13.8 Å². The molecule has 9 heteroatoms. The molecular formula is C41H86N2O6P+. The van der Waals surface area contributed by atoms with Crippen LogP contribution < -0.4 is 0 Å². The summed E-state index contributed by atoms with van der Waals surface area (Å²) in [5.74, 6) is 0.0346. The average Bonchev–Trinajstić information content (AvgIpc) is 3.05. The topological polar surface area (TPSA) is 85.3 Å². The number of hydrogen-bond donors (Lipinski definition) is 1. The summed E-state index contributed by atoms with van der Waals surface area (Å²) >= 11 is 0. The van der Waals surface area contributed by atoms with Crippen LogP contribution in [-0.2, 0) is 23.1 Å². The number of likely N-dealkylation sites (N-methyl/N-ethyl adjacent to an activating group) is 2. The number of unbranched alkanes of at least 4 members (excludes halogenated alkanes) is 25. The molecule has 0 aliphatic heterocycles. The molecule has 0 bridgehead atoms. The molecule has 0 aromatic heterocycles. The Labute approximate surface area is 311 Å². The molecule has 8 nitrogen and oxygen atoms in total. The van der Waals surface area contributed by atoms with Crippen molar-refractivity contribution in [3.63, 3.8) is 0 Å². The van der Waals surface area contributed by atoms with Crippen molar-refractivity contribution >= 4 is 13.7 Å². The van der Waals surface area contributed by atoms with Gasteiger partial charge in [0.05, 0.1) is 27.7 Å². The Hall–Kier alpha value is -0.500. The van der Waals surface area contributed by atoms with Crippen molar-refractivity contribution in [3.8, 4) is 0 Å². The SMILES string of the molecule is CCCCCCCCCCCCCCCCOCC(CN(C)C(=O)CCCCCCCCCCCCCCC)OP(=O)(O)OCC[N+](C)(C)C. The standard InChI is InChI=1S/C41H85N2O6P/c1-7-9-11-13-15-17-19-21-23-25-27-29-31-33-36-47-39-40(49-50(45,46)48-37-35-43(4,5)6)38-42(3)41(44)34-32-30-28-26-24-22-20-18-16-14-12-10-8-2/h40H,7-39H2,1-6H3/p+1. The number of quaternary nitrogens is 1. The van der Waals surface area contributed by atoms with Gasteiger partial charge in [0.25, 0.3) is 0 Å². The molecule has 0 rings (SSSR count). The van der Waals surface area contributed by atoms with E-state index in [1.165, 1.54) is 148 Å². The van der Waals surface area contributed by atoms with E-state index in [9.17, 15) is 14.3 Å². The highest BCUT2D eigenvalue weighted by atomic mass is 31.2. The van der Waals surface area contributed by atoms with Crippen LogP contribution in [0.1, 0.15) is 194 Å². The van der Waals surface area contributed by atoms with Crippen LogP contribution in [0.3, 0.4) is 0 Å². The highest BCUT2D eigenvalue weighted by Gasteiger charge is 2.29. The molecule has 0 aliphatic rings. The molecule has 0 aliphatic carbocycles. The largest absolute Gasteiger partial charge is 0.472 e. The highest BCUT2D eigenvalue weighted by molar-refractivity contribution is 7.47. The minimum atomic E-state index is -4.29. The zero-order chi connectivity index (χ0) is 37.2. The summed E-state index contributed by atoms with van der Waals surface area (Å²) in [5.41, 5.74) is 0. The van der Waals surface area contributed by atoms with E-state index in [1.54, 1.807) is 11.9 Å². The summed E-state index contributed by atoms with van der Waals surface area (Å²) in [6.45, 7) is 6.14. The second kappa shape index (κ2) is 34.3. The number of phosphoric acid groups is 1. The molecular weight excluding hydrogens is 647 g/mol. The number of phosphoric ester groups is 1. The zero-order valence-corrected chi connectivity index (χ0v) is 35.1. The monoisotopic (exact) mass is 734 g/mol. The molecule has 0 saturated heterocycles. The van der Waals surface area contributed by atoms with E-state index in [-0.39, 0.29) is 25.7 Å². The first kappa shape index (κ1) is 49.5. The fourth-order valence-corrected chi connectivity index (χ4v) is 7.15. The van der Waals surface area contributed by atoms with Gasteiger partial charge in [0, 0.05) is 26.6 Å². The highest BCUT2D eigenvalue weighted by Crippen LogP contribution is 2.44. The Balaban J connectivity index is 4.33. The van der Waals surface area contributed by atoms with Crippen LogP contribution in [0, 0.1) is 0 Å². The van der Waals surface area contributed by atoms with Crippen molar-refractivity contribution in [3.05, 3.63) is 0 Å². The first-order valence-electron chi connectivity index (χ1n) is 21.3. The third-order valence-electron chi connectivity index (χ3n) is 9.64. The van der Waals surface area contributed by atoms with E-state index < -0.39 is 13.9 Å². The van der Waals surface area contributed by atoms with E-state index in [0.29, 0.717) is 24.1 Å². The van der Waals surface area contributed by atoms with Crippen molar-refractivity contribution < 1.29 is 32.5 Å². The quantitative estimate of drug-likeness (QED) is 0.0385. The first-order valence-corrected chi connectivity index (χ1v) is 22.8. The minimum Gasteiger partial charge on any atom is -0.379 e. The molecule has 0 aromatic rings. The lowest BCUT2D eigenvalue weighted by molar-refractivity contribution is -0.870. The maximum atomic E-state index is 12.9. The third-order valence-corrected chi connectivity index (χ3v) is 10.7.